The summed E-state index contributed by atoms with van der Waals surface area (Å²) in [6.45, 7) is 1.07. The molecule has 5 nitrogen and oxygen atoms in total. The summed E-state index contributed by atoms with van der Waals surface area (Å²) in [4.78, 5) is 10.3. The van der Waals surface area contributed by atoms with Crippen molar-refractivity contribution in [2.24, 2.45) is 0 Å². The van der Waals surface area contributed by atoms with Gasteiger partial charge in [-0.3, -0.25) is 0 Å². The molecular weight excluding hydrogens is 192 g/mol. The minimum atomic E-state index is 0.244. The van der Waals surface area contributed by atoms with E-state index in [2.05, 4.69) is 15.3 Å². The molecule has 1 rings (SSSR count). The van der Waals surface area contributed by atoms with Crippen molar-refractivity contribution >= 4 is 11.8 Å². The Morgan fingerprint density at radius 3 is 2.87 bits per heavy atom. The molecule has 0 bridgehead atoms. The third-order valence-electron chi connectivity index (χ3n) is 1.93. The van der Waals surface area contributed by atoms with E-state index in [1.165, 1.54) is 0 Å². The number of rotatable bonds is 6. The van der Waals surface area contributed by atoms with E-state index in [1.807, 2.05) is 25.1 Å². The standard InChI is InChI=1S/C10H18N4O/c1-14(2)10-12-7-5-9(13-10)11-6-3-4-8-15/h5,7,15H,3-4,6,8H2,1-2H3,(H,11,12,13). The summed E-state index contributed by atoms with van der Waals surface area (Å²) in [7, 11) is 3.82. The van der Waals surface area contributed by atoms with Crippen molar-refractivity contribution in [2.45, 2.75) is 12.8 Å². The number of hydrogen-bond donors (Lipinski definition) is 2. The molecule has 0 saturated carbocycles. The van der Waals surface area contributed by atoms with Crippen LogP contribution in [0.4, 0.5) is 11.8 Å². The van der Waals surface area contributed by atoms with Gasteiger partial charge in [0.25, 0.3) is 0 Å². The van der Waals surface area contributed by atoms with Crippen molar-refractivity contribution in [3.8, 4) is 0 Å². The van der Waals surface area contributed by atoms with Crippen LogP contribution in [0.1, 0.15) is 12.8 Å². The smallest absolute Gasteiger partial charge is 0.226 e. The van der Waals surface area contributed by atoms with Crippen LogP contribution in [0.25, 0.3) is 0 Å². The molecule has 0 fully saturated rings. The Hall–Kier alpha value is -1.36. The fourth-order valence-corrected chi connectivity index (χ4v) is 1.12. The van der Waals surface area contributed by atoms with E-state index in [0.717, 1.165) is 25.2 Å². The number of aliphatic hydroxyl groups excluding tert-OH is 1. The number of unbranched alkanes of at least 4 members (excludes halogenated alkanes) is 1. The van der Waals surface area contributed by atoms with Crippen molar-refractivity contribution in [3.05, 3.63) is 12.3 Å². The van der Waals surface area contributed by atoms with E-state index in [9.17, 15) is 0 Å². The first kappa shape index (κ1) is 11.7. The SMILES string of the molecule is CN(C)c1nccc(NCCCCO)n1. The summed E-state index contributed by atoms with van der Waals surface area (Å²) in [5.41, 5.74) is 0. The highest BCUT2D eigenvalue weighted by Gasteiger charge is 1.99. The van der Waals surface area contributed by atoms with Gasteiger partial charge in [-0.15, -0.1) is 0 Å². The maximum Gasteiger partial charge on any atom is 0.226 e. The topological polar surface area (TPSA) is 61.3 Å². The van der Waals surface area contributed by atoms with Gasteiger partial charge in [-0.25, -0.2) is 4.98 Å². The molecule has 0 amide bonds. The molecule has 0 radical (unpaired) electrons. The second kappa shape index (κ2) is 6.19. The first-order valence-electron chi connectivity index (χ1n) is 5.09. The second-order valence-corrected chi connectivity index (χ2v) is 3.49. The number of aromatic nitrogens is 2. The van der Waals surface area contributed by atoms with E-state index in [-0.39, 0.29) is 6.61 Å². The highest BCUT2D eigenvalue weighted by Crippen LogP contribution is 2.07. The predicted molar refractivity (Wildman–Crippen MR) is 61.2 cm³/mol. The van der Waals surface area contributed by atoms with E-state index in [4.69, 9.17) is 5.11 Å². The van der Waals surface area contributed by atoms with Crippen molar-refractivity contribution in [1.29, 1.82) is 0 Å². The first-order valence-corrected chi connectivity index (χ1v) is 5.09. The quantitative estimate of drug-likeness (QED) is 0.678. The Morgan fingerprint density at radius 1 is 1.40 bits per heavy atom. The summed E-state index contributed by atoms with van der Waals surface area (Å²) in [6.07, 6.45) is 3.49. The third kappa shape index (κ3) is 4.12. The number of anilines is 2. The molecular formula is C10H18N4O. The van der Waals surface area contributed by atoms with Crippen molar-refractivity contribution < 1.29 is 5.11 Å². The molecule has 0 aromatic carbocycles. The Bertz CT molecular complexity index is 291. The average molecular weight is 210 g/mol. The van der Waals surface area contributed by atoms with Crippen LogP contribution in [0.5, 0.6) is 0 Å². The van der Waals surface area contributed by atoms with E-state index < -0.39 is 0 Å². The van der Waals surface area contributed by atoms with Crippen LogP contribution < -0.4 is 10.2 Å². The zero-order chi connectivity index (χ0) is 11.1. The normalized spacial score (nSPS) is 10.1. The maximum atomic E-state index is 8.62. The maximum absolute atomic E-state index is 8.62. The molecule has 0 atom stereocenters. The Labute approximate surface area is 90.2 Å². The highest BCUT2D eigenvalue weighted by molar-refractivity contribution is 5.40. The number of hydrogen-bond acceptors (Lipinski definition) is 5. The van der Waals surface area contributed by atoms with Gasteiger partial charge in [0.1, 0.15) is 5.82 Å². The van der Waals surface area contributed by atoms with Crippen LogP contribution >= 0.6 is 0 Å². The molecule has 0 aliphatic heterocycles. The van der Waals surface area contributed by atoms with Crippen LogP contribution in [0.2, 0.25) is 0 Å². The number of aliphatic hydroxyl groups is 1. The minimum Gasteiger partial charge on any atom is -0.396 e. The number of nitrogens with zero attached hydrogens (tertiary/aromatic N) is 3. The summed E-state index contributed by atoms with van der Waals surface area (Å²) >= 11 is 0. The van der Waals surface area contributed by atoms with Crippen molar-refractivity contribution in [1.82, 2.24) is 9.97 Å². The lowest BCUT2D eigenvalue weighted by molar-refractivity contribution is 0.286. The lowest BCUT2D eigenvalue weighted by Crippen LogP contribution is -2.14. The third-order valence-corrected chi connectivity index (χ3v) is 1.93. The van der Waals surface area contributed by atoms with Gasteiger partial charge >= 0.3 is 0 Å². The van der Waals surface area contributed by atoms with Crippen LogP contribution in [0, 0.1) is 0 Å². The van der Waals surface area contributed by atoms with Crippen LogP contribution in [-0.4, -0.2) is 42.3 Å². The Morgan fingerprint density at radius 2 is 2.20 bits per heavy atom. The molecule has 1 aromatic heterocycles. The Balaban J connectivity index is 2.43. The monoisotopic (exact) mass is 210 g/mol. The largest absolute Gasteiger partial charge is 0.396 e. The summed E-state index contributed by atoms with van der Waals surface area (Å²) in [6, 6.07) is 1.84. The molecule has 0 aliphatic carbocycles. The Kier molecular flexibility index (Phi) is 4.83. The van der Waals surface area contributed by atoms with E-state index >= 15 is 0 Å². The fraction of sp³-hybridized carbons (Fsp3) is 0.600. The zero-order valence-electron chi connectivity index (χ0n) is 9.27. The van der Waals surface area contributed by atoms with Gasteiger partial charge in [0.05, 0.1) is 0 Å². The van der Waals surface area contributed by atoms with Crippen molar-refractivity contribution in [2.75, 3.05) is 37.5 Å². The fourth-order valence-electron chi connectivity index (χ4n) is 1.12. The van der Waals surface area contributed by atoms with Gasteiger partial charge in [-0.2, -0.15) is 4.98 Å². The van der Waals surface area contributed by atoms with E-state index in [1.54, 1.807) is 6.20 Å². The summed E-state index contributed by atoms with van der Waals surface area (Å²) in [5.74, 6) is 1.52. The minimum absolute atomic E-state index is 0.244. The van der Waals surface area contributed by atoms with Crippen LogP contribution in [0.15, 0.2) is 12.3 Å². The molecule has 0 spiro atoms. The number of nitrogens with one attached hydrogen (secondary N) is 1. The first-order chi connectivity index (χ1) is 7.24. The molecule has 15 heavy (non-hydrogen) atoms. The lowest BCUT2D eigenvalue weighted by Gasteiger charge is -2.11. The molecule has 0 saturated heterocycles. The van der Waals surface area contributed by atoms with Crippen molar-refractivity contribution in [3.63, 3.8) is 0 Å². The molecule has 0 unspecified atom stereocenters. The molecule has 2 N–H and O–H groups in total. The van der Waals surface area contributed by atoms with Gasteiger partial charge in [-0.05, 0) is 18.9 Å². The second-order valence-electron chi connectivity index (χ2n) is 3.49. The van der Waals surface area contributed by atoms with Gasteiger partial charge in [0.2, 0.25) is 5.95 Å². The van der Waals surface area contributed by atoms with Crippen LogP contribution in [0.3, 0.4) is 0 Å². The lowest BCUT2D eigenvalue weighted by atomic mass is 10.3. The molecule has 1 heterocycles. The van der Waals surface area contributed by atoms with Gasteiger partial charge in [0.15, 0.2) is 0 Å². The predicted octanol–water partition coefficient (Wildman–Crippen LogP) is 0.727. The van der Waals surface area contributed by atoms with Crippen LogP contribution in [-0.2, 0) is 0 Å². The highest BCUT2D eigenvalue weighted by atomic mass is 16.2. The summed E-state index contributed by atoms with van der Waals surface area (Å²) < 4.78 is 0. The molecule has 0 aliphatic rings. The van der Waals surface area contributed by atoms with Gasteiger partial charge < -0.3 is 15.3 Å². The molecule has 84 valence electrons. The zero-order valence-corrected chi connectivity index (χ0v) is 9.27. The van der Waals surface area contributed by atoms with E-state index in [0.29, 0.717) is 5.95 Å². The molecule has 5 heteroatoms. The summed E-state index contributed by atoms with van der Waals surface area (Å²) in [5, 5.41) is 11.8. The van der Waals surface area contributed by atoms with Gasteiger partial charge in [0, 0.05) is 33.4 Å². The average Bonchev–Trinajstić information content (AvgIpc) is 2.25. The molecule has 1 aromatic rings. The van der Waals surface area contributed by atoms with Gasteiger partial charge in [-0.1, -0.05) is 0 Å².